The smallest absolute Gasteiger partial charge is 0.273 e. The van der Waals surface area contributed by atoms with Gasteiger partial charge in [0.25, 0.3) is 5.91 Å². The summed E-state index contributed by atoms with van der Waals surface area (Å²) in [5.74, 6) is 0.688. The molecule has 2 aromatic rings. The number of nitrogens with zero attached hydrogens (tertiary/aromatic N) is 1. The summed E-state index contributed by atoms with van der Waals surface area (Å²) in [7, 11) is 0. The average Bonchev–Trinajstić information content (AvgIpc) is 2.97. The maximum Gasteiger partial charge on any atom is 0.273 e. The Balaban J connectivity index is 1.95. The predicted octanol–water partition coefficient (Wildman–Crippen LogP) is 3.08. The fourth-order valence-electron chi connectivity index (χ4n) is 2.58. The van der Waals surface area contributed by atoms with Crippen LogP contribution in [0.1, 0.15) is 55.2 Å². The number of nitrogens with one attached hydrogen (secondary N) is 1. The van der Waals surface area contributed by atoms with Crippen LogP contribution in [0, 0.1) is 5.92 Å². The van der Waals surface area contributed by atoms with E-state index in [1.165, 1.54) is 6.26 Å². The van der Waals surface area contributed by atoms with Crippen LogP contribution in [0.3, 0.4) is 0 Å². The van der Waals surface area contributed by atoms with E-state index in [1.807, 2.05) is 37.3 Å². The quantitative estimate of drug-likeness (QED) is 0.822. The van der Waals surface area contributed by atoms with Crippen molar-refractivity contribution >= 4 is 5.91 Å². The Morgan fingerprint density at radius 1 is 1.26 bits per heavy atom. The molecule has 124 valence electrons. The van der Waals surface area contributed by atoms with Gasteiger partial charge in [-0.05, 0) is 31.2 Å². The summed E-state index contributed by atoms with van der Waals surface area (Å²) < 4.78 is 5.39. The van der Waals surface area contributed by atoms with Crippen LogP contribution in [-0.4, -0.2) is 16.9 Å². The summed E-state index contributed by atoms with van der Waals surface area (Å²) in [5.41, 5.74) is 7.50. The van der Waals surface area contributed by atoms with E-state index >= 15 is 0 Å². The molecule has 0 spiro atoms. The number of hydrogen-bond acceptors (Lipinski definition) is 4. The van der Waals surface area contributed by atoms with Crippen LogP contribution >= 0.6 is 0 Å². The first-order valence-corrected chi connectivity index (χ1v) is 8.01. The standard InChI is InChI=1S/C18H25N3O2/c1-12(2)9-13(3)20-17(22)16-11-23-18(21-16)15(19)10-14-7-5-4-6-8-14/h4-8,11-13,15H,9-10,19H2,1-3H3,(H,20,22). The van der Waals surface area contributed by atoms with Crippen LogP contribution in [0.15, 0.2) is 41.0 Å². The minimum absolute atomic E-state index is 0.0978. The van der Waals surface area contributed by atoms with Crippen molar-refractivity contribution in [2.45, 2.75) is 45.7 Å². The van der Waals surface area contributed by atoms with Gasteiger partial charge in [-0.2, -0.15) is 0 Å². The molecule has 2 atom stereocenters. The van der Waals surface area contributed by atoms with Crippen molar-refractivity contribution in [1.82, 2.24) is 10.3 Å². The molecular weight excluding hydrogens is 290 g/mol. The summed E-state index contributed by atoms with van der Waals surface area (Å²) in [4.78, 5) is 16.4. The van der Waals surface area contributed by atoms with E-state index in [0.717, 1.165) is 12.0 Å². The zero-order valence-corrected chi connectivity index (χ0v) is 14.0. The highest BCUT2D eigenvalue weighted by molar-refractivity contribution is 5.92. The van der Waals surface area contributed by atoms with Crippen molar-refractivity contribution in [1.29, 1.82) is 0 Å². The van der Waals surface area contributed by atoms with Crippen LogP contribution in [0.25, 0.3) is 0 Å². The molecule has 0 fully saturated rings. The number of rotatable bonds is 7. The number of oxazole rings is 1. The van der Waals surface area contributed by atoms with E-state index < -0.39 is 0 Å². The highest BCUT2D eigenvalue weighted by atomic mass is 16.3. The Bertz CT molecular complexity index is 622. The summed E-state index contributed by atoms with van der Waals surface area (Å²) >= 11 is 0. The molecule has 0 saturated heterocycles. The third kappa shape index (κ3) is 5.21. The fraction of sp³-hybridized carbons (Fsp3) is 0.444. The highest BCUT2D eigenvalue weighted by Crippen LogP contribution is 2.16. The van der Waals surface area contributed by atoms with Crippen molar-refractivity contribution in [2.75, 3.05) is 0 Å². The molecule has 0 saturated carbocycles. The number of aromatic nitrogens is 1. The normalized spacial score (nSPS) is 13.8. The molecule has 1 heterocycles. The van der Waals surface area contributed by atoms with E-state index in [-0.39, 0.29) is 23.7 Å². The van der Waals surface area contributed by atoms with Crippen molar-refractivity contribution in [2.24, 2.45) is 11.7 Å². The van der Waals surface area contributed by atoms with Gasteiger partial charge < -0.3 is 15.5 Å². The maximum absolute atomic E-state index is 12.2. The maximum atomic E-state index is 12.2. The van der Waals surface area contributed by atoms with E-state index in [4.69, 9.17) is 10.2 Å². The van der Waals surface area contributed by atoms with E-state index in [1.54, 1.807) is 0 Å². The molecule has 2 rings (SSSR count). The first-order chi connectivity index (χ1) is 11.0. The highest BCUT2D eigenvalue weighted by Gasteiger charge is 2.18. The van der Waals surface area contributed by atoms with E-state index in [0.29, 0.717) is 18.2 Å². The monoisotopic (exact) mass is 315 g/mol. The zero-order valence-electron chi connectivity index (χ0n) is 14.0. The van der Waals surface area contributed by atoms with Gasteiger partial charge in [-0.3, -0.25) is 4.79 Å². The molecule has 0 bridgehead atoms. The molecule has 5 nitrogen and oxygen atoms in total. The SMILES string of the molecule is CC(C)CC(C)NC(=O)c1coc(C(N)Cc2ccccc2)n1. The molecule has 0 aliphatic heterocycles. The molecule has 0 radical (unpaired) electrons. The number of hydrogen-bond donors (Lipinski definition) is 2. The summed E-state index contributed by atoms with van der Waals surface area (Å²) in [6.07, 6.45) is 2.91. The molecule has 0 aliphatic rings. The molecular formula is C18H25N3O2. The fourth-order valence-corrected chi connectivity index (χ4v) is 2.58. The van der Waals surface area contributed by atoms with Gasteiger partial charge in [-0.15, -0.1) is 0 Å². The largest absolute Gasteiger partial charge is 0.446 e. The van der Waals surface area contributed by atoms with Crippen LogP contribution in [0.2, 0.25) is 0 Å². The van der Waals surface area contributed by atoms with Gasteiger partial charge in [0.15, 0.2) is 5.69 Å². The molecule has 1 amide bonds. The Labute approximate surface area is 137 Å². The van der Waals surface area contributed by atoms with E-state index in [9.17, 15) is 4.79 Å². The molecule has 2 unspecified atom stereocenters. The number of benzene rings is 1. The lowest BCUT2D eigenvalue weighted by molar-refractivity contribution is 0.0931. The van der Waals surface area contributed by atoms with Gasteiger partial charge in [0.2, 0.25) is 5.89 Å². The molecule has 1 aromatic heterocycles. The Kier molecular flexibility index (Phi) is 5.93. The van der Waals surface area contributed by atoms with Crippen molar-refractivity contribution in [3.05, 3.63) is 53.7 Å². The van der Waals surface area contributed by atoms with Gasteiger partial charge in [0, 0.05) is 6.04 Å². The molecule has 23 heavy (non-hydrogen) atoms. The molecule has 5 heteroatoms. The van der Waals surface area contributed by atoms with Gasteiger partial charge in [-0.1, -0.05) is 44.2 Å². The average molecular weight is 315 g/mol. The second-order valence-corrected chi connectivity index (χ2v) is 6.37. The second kappa shape index (κ2) is 7.92. The summed E-state index contributed by atoms with van der Waals surface area (Å²) in [5, 5.41) is 2.93. The van der Waals surface area contributed by atoms with Crippen LogP contribution in [-0.2, 0) is 6.42 Å². The van der Waals surface area contributed by atoms with Crippen LogP contribution in [0.5, 0.6) is 0 Å². The Morgan fingerprint density at radius 2 is 1.96 bits per heavy atom. The number of nitrogens with two attached hydrogens (primary N) is 1. The minimum atomic E-state index is -0.368. The van der Waals surface area contributed by atoms with Crippen molar-refractivity contribution in [3.63, 3.8) is 0 Å². The van der Waals surface area contributed by atoms with Gasteiger partial charge in [-0.25, -0.2) is 4.98 Å². The lowest BCUT2D eigenvalue weighted by Gasteiger charge is -2.14. The summed E-state index contributed by atoms with van der Waals surface area (Å²) in [6.45, 7) is 6.24. The van der Waals surface area contributed by atoms with Crippen LogP contribution < -0.4 is 11.1 Å². The first kappa shape index (κ1) is 17.2. The lowest BCUT2D eigenvalue weighted by atomic mass is 10.1. The van der Waals surface area contributed by atoms with Gasteiger partial charge >= 0.3 is 0 Å². The van der Waals surface area contributed by atoms with Crippen molar-refractivity contribution in [3.8, 4) is 0 Å². The third-order valence-electron chi connectivity index (χ3n) is 3.57. The Hall–Kier alpha value is -2.14. The first-order valence-electron chi connectivity index (χ1n) is 8.01. The molecule has 0 aliphatic carbocycles. The number of carbonyl (C=O) groups is 1. The zero-order chi connectivity index (χ0) is 16.8. The minimum Gasteiger partial charge on any atom is -0.446 e. The second-order valence-electron chi connectivity index (χ2n) is 6.37. The van der Waals surface area contributed by atoms with Gasteiger partial charge in [0.05, 0.1) is 6.04 Å². The van der Waals surface area contributed by atoms with Gasteiger partial charge in [0.1, 0.15) is 6.26 Å². The van der Waals surface area contributed by atoms with Crippen molar-refractivity contribution < 1.29 is 9.21 Å². The lowest BCUT2D eigenvalue weighted by Crippen LogP contribution is -2.33. The van der Waals surface area contributed by atoms with Crippen LogP contribution in [0.4, 0.5) is 0 Å². The topological polar surface area (TPSA) is 81.2 Å². The summed E-state index contributed by atoms with van der Waals surface area (Å²) in [6, 6.07) is 9.63. The predicted molar refractivity (Wildman–Crippen MR) is 90.0 cm³/mol. The third-order valence-corrected chi connectivity index (χ3v) is 3.57. The molecule has 3 N–H and O–H groups in total. The van der Waals surface area contributed by atoms with E-state index in [2.05, 4.69) is 24.1 Å². The molecule has 1 aromatic carbocycles. The number of amides is 1. The number of carbonyl (C=O) groups excluding carboxylic acids is 1. The Morgan fingerprint density at radius 3 is 2.61 bits per heavy atom.